The first-order valence-corrected chi connectivity index (χ1v) is 13.0. The van der Waals surface area contributed by atoms with Gasteiger partial charge in [-0.2, -0.15) is 0 Å². The Balaban J connectivity index is 1.73. The van der Waals surface area contributed by atoms with E-state index in [-0.39, 0.29) is 5.75 Å². The van der Waals surface area contributed by atoms with E-state index in [1.54, 1.807) is 24.4 Å². The topological polar surface area (TPSA) is 85.4 Å². The molecule has 3 aromatic rings. The number of carbonyl (C=O) groups excluding carboxylic acids is 1. The molecule has 6 nitrogen and oxygen atoms in total. The number of aryl methyl sites for hydroxylation is 2. The summed E-state index contributed by atoms with van der Waals surface area (Å²) >= 11 is 7.48. The average Bonchev–Trinajstić information content (AvgIpc) is 3.23. The first-order chi connectivity index (χ1) is 15.1. The van der Waals surface area contributed by atoms with Gasteiger partial charge in [0.2, 0.25) is 5.91 Å². The van der Waals surface area contributed by atoms with E-state index in [0.29, 0.717) is 22.2 Å². The van der Waals surface area contributed by atoms with E-state index >= 15 is 0 Å². The van der Waals surface area contributed by atoms with Gasteiger partial charge in [-0.3, -0.25) is 4.79 Å². The number of rotatable bonds is 8. The lowest BCUT2D eigenvalue weighted by atomic mass is 10.1. The number of anilines is 1. The quantitative estimate of drug-likeness (QED) is 0.462. The Labute approximate surface area is 197 Å². The van der Waals surface area contributed by atoms with Crippen LogP contribution in [0, 0.1) is 6.92 Å². The monoisotopic (exact) mass is 492 g/mol. The maximum Gasteiger partial charge on any atom is 0.242 e. The molecule has 0 aliphatic carbocycles. The number of ether oxygens (including phenoxy) is 1. The molecule has 32 heavy (non-hydrogen) atoms. The molecule has 0 saturated heterocycles. The molecule has 0 aliphatic heterocycles. The smallest absolute Gasteiger partial charge is 0.242 e. The van der Waals surface area contributed by atoms with Gasteiger partial charge in [0.05, 0.1) is 24.2 Å². The van der Waals surface area contributed by atoms with E-state index in [1.807, 2.05) is 24.3 Å². The van der Waals surface area contributed by atoms with Crippen LogP contribution >= 0.6 is 22.9 Å². The first kappa shape index (κ1) is 24.2. The average molecular weight is 493 g/mol. The third kappa shape index (κ3) is 5.49. The maximum atomic E-state index is 12.9. The van der Waals surface area contributed by atoms with Crippen molar-refractivity contribution in [2.45, 2.75) is 38.2 Å². The van der Waals surface area contributed by atoms with E-state index in [9.17, 15) is 13.2 Å². The summed E-state index contributed by atoms with van der Waals surface area (Å²) in [6, 6.07) is 11.3. The SMILES string of the molecule is CCc1ccc(-c2nc(CS(=O)(=O)C(C)C(=O)Nc3cc(C)c(Cl)cc3OC)cs2)cc1. The second-order valence-corrected chi connectivity index (χ2v) is 11.0. The lowest BCUT2D eigenvalue weighted by Crippen LogP contribution is -2.33. The number of carbonyl (C=O) groups is 1. The van der Waals surface area contributed by atoms with E-state index in [1.165, 1.54) is 30.9 Å². The minimum absolute atomic E-state index is 0.318. The number of thiazole rings is 1. The third-order valence-electron chi connectivity index (χ3n) is 5.16. The zero-order chi connectivity index (χ0) is 23.5. The fraction of sp³-hybridized carbons (Fsp3) is 0.304. The number of nitrogens with one attached hydrogen (secondary N) is 1. The highest BCUT2D eigenvalue weighted by molar-refractivity contribution is 7.92. The van der Waals surface area contributed by atoms with Crippen molar-refractivity contribution < 1.29 is 17.9 Å². The van der Waals surface area contributed by atoms with Crippen molar-refractivity contribution in [1.82, 2.24) is 4.98 Å². The van der Waals surface area contributed by atoms with Crippen molar-refractivity contribution >= 4 is 44.4 Å². The summed E-state index contributed by atoms with van der Waals surface area (Å²) in [4.78, 5) is 17.2. The van der Waals surface area contributed by atoms with Crippen molar-refractivity contribution in [3.63, 3.8) is 0 Å². The van der Waals surface area contributed by atoms with Crippen LogP contribution in [0.3, 0.4) is 0 Å². The Bertz CT molecular complexity index is 1220. The van der Waals surface area contributed by atoms with E-state index < -0.39 is 21.0 Å². The molecule has 170 valence electrons. The van der Waals surface area contributed by atoms with Gasteiger partial charge in [-0.15, -0.1) is 11.3 Å². The Morgan fingerprint density at radius 3 is 2.56 bits per heavy atom. The molecule has 1 aromatic heterocycles. The normalized spacial score (nSPS) is 12.4. The molecule has 9 heteroatoms. The van der Waals surface area contributed by atoms with Crippen LogP contribution in [-0.2, 0) is 26.8 Å². The van der Waals surface area contributed by atoms with Gasteiger partial charge in [0.1, 0.15) is 16.0 Å². The molecular weight excluding hydrogens is 468 g/mol. The molecule has 0 aliphatic rings. The molecule has 1 N–H and O–H groups in total. The molecule has 0 radical (unpaired) electrons. The van der Waals surface area contributed by atoms with Crippen molar-refractivity contribution in [1.29, 1.82) is 0 Å². The molecule has 0 fully saturated rings. The second kappa shape index (κ2) is 10.0. The highest BCUT2D eigenvalue weighted by Crippen LogP contribution is 2.31. The molecule has 0 spiro atoms. The lowest BCUT2D eigenvalue weighted by molar-refractivity contribution is -0.115. The van der Waals surface area contributed by atoms with Crippen LogP contribution in [0.4, 0.5) is 5.69 Å². The van der Waals surface area contributed by atoms with Crippen LogP contribution in [0.2, 0.25) is 5.02 Å². The van der Waals surface area contributed by atoms with Crippen LogP contribution < -0.4 is 10.1 Å². The number of nitrogens with zero attached hydrogens (tertiary/aromatic N) is 1. The lowest BCUT2D eigenvalue weighted by Gasteiger charge is -2.16. The van der Waals surface area contributed by atoms with Crippen molar-refractivity contribution in [2.24, 2.45) is 0 Å². The largest absolute Gasteiger partial charge is 0.495 e. The van der Waals surface area contributed by atoms with E-state index in [2.05, 4.69) is 17.2 Å². The molecule has 0 bridgehead atoms. The van der Waals surface area contributed by atoms with Crippen molar-refractivity contribution in [2.75, 3.05) is 12.4 Å². The highest BCUT2D eigenvalue weighted by Gasteiger charge is 2.30. The van der Waals surface area contributed by atoms with Gasteiger partial charge in [-0.25, -0.2) is 13.4 Å². The van der Waals surface area contributed by atoms with Gasteiger partial charge in [0.15, 0.2) is 9.84 Å². The van der Waals surface area contributed by atoms with Crippen LogP contribution in [0.15, 0.2) is 41.8 Å². The van der Waals surface area contributed by atoms with E-state index in [0.717, 1.165) is 22.6 Å². The number of halogens is 1. The highest BCUT2D eigenvalue weighted by atomic mass is 35.5. The number of amides is 1. The maximum absolute atomic E-state index is 12.9. The first-order valence-electron chi connectivity index (χ1n) is 10.0. The van der Waals surface area contributed by atoms with Crippen LogP contribution in [0.1, 0.15) is 30.7 Å². The number of sulfone groups is 1. The van der Waals surface area contributed by atoms with Gasteiger partial charge < -0.3 is 10.1 Å². The predicted octanol–water partition coefficient (Wildman–Crippen LogP) is 5.28. The number of hydrogen-bond donors (Lipinski definition) is 1. The Hall–Kier alpha value is -2.42. The molecular formula is C23H25ClN2O4S2. The second-order valence-electron chi connectivity index (χ2n) is 7.43. The minimum atomic E-state index is -3.78. The summed E-state index contributed by atoms with van der Waals surface area (Å²) in [7, 11) is -2.33. The number of aromatic nitrogens is 1. The van der Waals surface area contributed by atoms with E-state index in [4.69, 9.17) is 16.3 Å². The molecule has 1 atom stereocenters. The summed E-state index contributed by atoms with van der Waals surface area (Å²) in [6.45, 7) is 5.24. The Morgan fingerprint density at radius 2 is 1.94 bits per heavy atom. The van der Waals surface area contributed by atoms with Gasteiger partial charge in [-0.1, -0.05) is 42.8 Å². The summed E-state index contributed by atoms with van der Waals surface area (Å²) in [6.07, 6.45) is 0.947. The summed E-state index contributed by atoms with van der Waals surface area (Å²) in [5, 5.41) is 4.33. The van der Waals surface area contributed by atoms with Crippen LogP contribution in [-0.4, -0.2) is 31.7 Å². The standard InChI is InChI=1S/C23H25ClN2O4S2/c1-5-16-6-8-17(9-7-16)23-25-18(12-31-23)13-32(28,29)15(3)22(27)26-20-10-14(2)19(24)11-21(20)30-4/h6-12,15H,5,13H2,1-4H3,(H,26,27). The van der Waals surface area contributed by atoms with Gasteiger partial charge in [0, 0.05) is 22.0 Å². The number of methoxy groups -OCH3 is 1. The number of hydrogen-bond acceptors (Lipinski definition) is 6. The summed E-state index contributed by atoms with van der Waals surface area (Å²) < 4.78 is 31.0. The Morgan fingerprint density at radius 1 is 1.25 bits per heavy atom. The summed E-state index contributed by atoms with van der Waals surface area (Å²) in [5.41, 5.74) is 3.68. The molecule has 0 saturated carbocycles. The zero-order valence-corrected chi connectivity index (χ0v) is 20.7. The van der Waals surface area contributed by atoms with Crippen LogP contribution in [0.25, 0.3) is 10.6 Å². The molecule has 3 rings (SSSR count). The molecule has 1 heterocycles. The van der Waals surface area contributed by atoms with Gasteiger partial charge in [-0.05, 0) is 37.5 Å². The zero-order valence-electron chi connectivity index (χ0n) is 18.3. The number of benzene rings is 2. The van der Waals surface area contributed by atoms with Crippen molar-refractivity contribution in [3.8, 4) is 16.3 Å². The fourth-order valence-corrected chi connectivity index (χ4v) is 5.33. The molecule has 1 unspecified atom stereocenters. The summed E-state index contributed by atoms with van der Waals surface area (Å²) in [5.74, 6) is -0.602. The predicted molar refractivity (Wildman–Crippen MR) is 130 cm³/mol. The Kier molecular flexibility index (Phi) is 7.59. The van der Waals surface area contributed by atoms with Gasteiger partial charge in [0.25, 0.3) is 0 Å². The van der Waals surface area contributed by atoms with Crippen LogP contribution in [0.5, 0.6) is 5.75 Å². The molecule has 1 amide bonds. The fourth-order valence-electron chi connectivity index (χ4n) is 3.05. The third-order valence-corrected chi connectivity index (χ3v) is 8.49. The van der Waals surface area contributed by atoms with Crippen molar-refractivity contribution in [3.05, 3.63) is 63.6 Å². The minimum Gasteiger partial charge on any atom is -0.495 e. The molecule has 2 aromatic carbocycles. The van der Waals surface area contributed by atoms with Gasteiger partial charge >= 0.3 is 0 Å².